The van der Waals surface area contributed by atoms with Crippen LogP contribution in [0.5, 0.6) is 0 Å². The van der Waals surface area contributed by atoms with Gasteiger partial charge in [-0.15, -0.1) is 0 Å². The smallest absolute Gasteiger partial charge is 0.337 e. The largest absolute Gasteiger partial charge is 0.478 e. The van der Waals surface area contributed by atoms with E-state index in [1.54, 1.807) is 6.07 Å². The van der Waals surface area contributed by atoms with Crippen LogP contribution >= 0.6 is 0 Å². The molecule has 0 aliphatic heterocycles. The van der Waals surface area contributed by atoms with Crippen LogP contribution in [0.25, 0.3) is 0 Å². The Morgan fingerprint density at radius 2 is 1.85 bits per heavy atom. The Bertz CT molecular complexity index is 624. The number of hydrogen-bond donors (Lipinski definition) is 2. The molecule has 3 N–H and O–H groups in total. The van der Waals surface area contributed by atoms with Crippen LogP contribution in [-0.2, 0) is 0 Å². The topological polar surface area (TPSA) is 66.6 Å². The van der Waals surface area contributed by atoms with Crippen LogP contribution in [0, 0.1) is 6.92 Å². The molecule has 0 unspecified atom stereocenters. The van der Waals surface area contributed by atoms with Gasteiger partial charge in [0.05, 0.1) is 5.56 Å². The molecule has 104 valence electrons. The maximum absolute atomic E-state index is 11.3. The van der Waals surface area contributed by atoms with E-state index in [-0.39, 0.29) is 5.56 Å². The van der Waals surface area contributed by atoms with Crippen molar-refractivity contribution in [3.8, 4) is 0 Å². The van der Waals surface area contributed by atoms with E-state index in [2.05, 4.69) is 4.90 Å². The second kappa shape index (κ2) is 5.65. The molecular weight excluding hydrogens is 252 g/mol. The van der Waals surface area contributed by atoms with E-state index in [0.29, 0.717) is 5.69 Å². The number of para-hydroxylation sites is 1. The number of anilines is 3. The average molecular weight is 270 g/mol. The molecule has 0 aliphatic carbocycles. The van der Waals surface area contributed by atoms with Crippen molar-refractivity contribution in [3.63, 3.8) is 0 Å². The molecule has 20 heavy (non-hydrogen) atoms. The lowest BCUT2D eigenvalue weighted by atomic mass is 10.1. The summed E-state index contributed by atoms with van der Waals surface area (Å²) >= 11 is 0. The van der Waals surface area contributed by atoms with Gasteiger partial charge >= 0.3 is 5.97 Å². The van der Waals surface area contributed by atoms with E-state index in [1.165, 1.54) is 0 Å². The molecule has 0 saturated carbocycles. The summed E-state index contributed by atoms with van der Waals surface area (Å²) in [4.78, 5) is 13.3. The molecule has 4 nitrogen and oxygen atoms in total. The van der Waals surface area contributed by atoms with Crippen molar-refractivity contribution in [1.82, 2.24) is 0 Å². The molecule has 0 bridgehead atoms. The van der Waals surface area contributed by atoms with Gasteiger partial charge in [-0.1, -0.05) is 18.2 Å². The third kappa shape index (κ3) is 2.59. The zero-order valence-corrected chi connectivity index (χ0v) is 11.6. The van der Waals surface area contributed by atoms with Gasteiger partial charge < -0.3 is 15.7 Å². The van der Waals surface area contributed by atoms with Crippen molar-refractivity contribution in [2.24, 2.45) is 0 Å². The molecular formula is C16H18N2O2. The molecule has 2 aromatic carbocycles. The summed E-state index contributed by atoms with van der Waals surface area (Å²) in [6.45, 7) is 4.59. The Morgan fingerprint density at radius 3 is 2.40 bits per heavy atom. The lowest BCUT2D eigenvalue weighted by molar-refractivity contribution is 0.0698. The highest BCUT2D eigenvalue weighted by molar-refractivity contribution is 5.96. The normalized spacial score (nSPS) is 10.3. The third-order valence-electron chi connectivity index (χ3n) is 3.30. The minimum absolute atomic E-state index is 0.148. The molecule has 0 heterocycles. The predicted octanol–water partition coefficient (Wildman–Crippen LogP) is 3.43. The number of nitrogens with zero attached hydrogens (tertiary/aromatic N) is 1. The summed E-state index contributed by atoms with van der Waals surface area (Å²) in [5.74, 6) is -1.00. The molecule has 0 aliphatic rings. The molecule has 0 spiro atoms. The van der Waals surface area contributed by atoms with Gasteiger partial charge in [0.15, 0.2) is 0 Å². The number of hydrogen-bond acceptors (Lipinski definition) is 3. The Hall–Kier alpha value is -2.49. The van der Waals surface area contributed by atoms with Crippen LogP contribution in [-0.4, -0.2) is 17.6 Å². The summed E-state index contributed by atoms with van der Waals surface area (Å²) in [5, 5.41) is 9.24. The molecule has 0 amide bonds. The second-order valence-electron chi connectivity index (χ2n) is 4.61. The summed E-state index contributed by atoms with van der Waals surface area (Å²) in [5.41, 5.74) is 8.94. The maximum atomic E-state index is 11.3. The first-order chi connectivity index (χ1) is 9.54. The monoisotopic (exact) mass is 270 g/mol. The fourth-order valence-electron chi connectivity index (χ4n) is 2.23. The van der Waals surface area contributed by atoms with Crippen LogP contribution in [0.2, 0.25) is 0 Å². The Labute approximate surface area is 118 Å². The molecule has 0 aromatic heterocycles. The molecule has 0 saturated heterocycles. The lowest BCUT2D eigenvalue weighted by Gasteiger charge is -2.24. The van der Waals surface area contributed by atoms with E-state index in [1.807, 2.05) is 50.2 Å². The van der Waals surface area contributed by atoms with E-state index < -0.39 is 5.97 Å². The first-order valence-corrected chi connectivity index (χ1v) is 6.50. The second-order valence-corrected chi connectivity index (χ2v) is 4.61. The summed E-state index contributed by atoms with van der Waals surface area (Å²) in [7, 11) is 0. The van der Waals surface area contributed by atoms with Gasteiger partial charge in [0.2, 0.25) is 0 Å². The molecule has 4 heteroatoms. The number of nitrogen functional groups attached to an aromatic ring is 1. The van der Waals surface area contributed by atoms with Crippen LogP contribution in [0.15, 0.2) is 42.5 Å². The first kappa shape index (κ1) is 13.9. The SMILES string of the molecule is CCN(c1ccccc1)c1cc(C)c(N)c(C(=O)O)c1. The van der Waals surface area contributed by atoms with Crippen molar-refractivity contribution in [3.05, 3.63) is 53.6 Å². The Kier molecular flexibility index (Phi) is 3.94. The third-order valence-corrected chi connectivity index (χ3v) is 3.30. The zero-order valence-electron chi connectivity index (χ0n) is 11.6. The van der Waals surface area contributed by atoms with E-state index in [4.69, 9.17) is 5.73 Å². The van der Waals surface area contributed by atoms with Crippen molar-refractivity contribution in [1.29, 1.82) is 0 Å². The van der Waals surface area contributed by atoms with Gasteiger partial charge in [-0.3, -0.25) is 0 Å². The van der Waals surface area contributed by atoms with Crippen molar-refractivity contribution >= 4 is 23.0 Å². The van der Waals surface area contributed by atoms with E-state index in [0.717, 1.165) is 23.5 Å². The van der Waals surface area contributed by atoms with Crippen LogP contribution in [0.4, 0.5) is 17.1 Å². The first-order valence-electron chi connectivity index (χ1n) is 6.50. The molecule has 0 radical (unpaired) electrons. The number of carboxylic acid groups (broad SMARTS) is 1. The number of benzene rings is 2. The number of nitrogens with two attached hydrogens (primary N) is 1. The number of rotatable bonds is 4. The molecule has 0 fully saturated rings. The fourth-order valence-corrected chi connectivity index (χ4v) is 2.23. The number of carboxylic acids is 1. The highest BCUT2D eigenvalue weighted by Gasteiger charge is 2.15. The predicted molar refractivity (Wildman–Crippen MR) is 81.7 cm³/mol. The van der Waals surface area contributed by atoms with Gasteiger partial charge in [0.25, 0.3) is 0 Å². The van der Waals surface area contributed by atoms with Gasteiger partial charge in [0.1, 0.15) is 0 Å². The number of carbonyl (C=O) groups is 1. The highest BCUT2D eigenvalue weighted by atomic mass is 16.4. The summed E-state index contributed by atoms with van der Waals surface area (Å²) in [6.07, 6.45) is 0. The minimum atomic E-state index is -1.00. The maximum Gasteiger partial charge on any atom is 0.337 e. The van der Waals surface area contributed by atoms with E-state index >= 15 is 0 Å². The lowest BCUT2D eigenvalue weighted by Crippen LogP contribution is -2.17. The molecule has 2 aromatic rings. The number of aromatic carboxylic acids is 1. The summed E-state index contributed by atoms with van der Waals surface area (Å²) < 4.78 is 0. The quantitative estimate of drug-likeness (QED) is 0.835. The van der Waals surface area contributed by atoms with Gasteiger partial charge in [-0.05, 0) is 43.7 Å². The van der Waals surface area contributed by atoms with E-state index in [9.17, 15) is 9.90 Å². The number of aryl methyl sites for hydroxylation is 1. The zero-order chi connectivity index (χ0) is 14.7. The summed E-state index contributed by atoms with van der Waals surface area (Å²) in [6, 6.07) is 13.4. The average Bonchev–Trinajstić information content (AvgIpc) is 2.44. The van der Waals surface area contributed by atoms with Gasteiger partial charge in [0, 0.05) is 23.6 Å². The van der Waals surface area contributed by atoms with Gasteiger partial charge in [-0.2, -0.15) is 0 Å². The van der Waals surface area contributed by atoms with Crippen LogP contribution < -0.4 is 10.6 Å². The van der Waals surface area contributed by atoms with Crippen molar-refractivity contribution < 1.29 is 9.90 Å². The molecule has 0 atom stereocenters. The fraction of sp³-hybridized carbons (Fsp3) is 0.188. The Morgan fingerprint density at radius 1 is 1.20 bits per heavy atom. The minimum Gasteiger partial charge on any atom is -0.478 e. The molecule has 2 rings (SSSR count). The Balaban J connectivity index is 2.53. The standard InChI is InChI=1S/C16H18N2O2/c1-3-18(12-7-5-4-6-8-12)13-9-11(2)15(17)14(10-13)16(19)20/h4-10H,3,17H2,1-2H3,(H,19,20). The van der Waals surface area contributed by atoms with Crippen LogP contribution in [0.3, 0.4) is 0 Å². The van der Waals surface area contributed by atoms with Crippen molar-refractivity contribution in [2.75, 3.05) is 17.2 Å². The highest BCUT2D eigenvalue weighted by Crippen LogP contribution is 2.30. The van der Waals surface area contributed by atoms with Crippen LogP contribution in [0.1, 0.15) is 22.8 Å². The van der Waals surface area contributed by atoms with Gasteiger partial charge in [-0.25, -0.2) is 4.79 Å². The van der Waals surface area contributed by atoms with Crippen molar-refractivity contribution in [2.45, 2.75) is 13.8 Å².